The molecule has 3 heteroatoms. The number of nitrogens with zero attached hydrogens (tertiary/aromatic N) is 1. The summed E-state index contributed by atoms with van der Waals surface area (Å²) in [6, 6.07) is 4.34. The Morgan fingerprint density at radius 2 is 2.23 bits per heavy atom. The summed E-state index contributed by atoms with van der Waals surface area (Å²) in [6.45, 7) is 3.38. The van der Waals surface area contributed by atoms with Crippen LogP contribution in [0.2, 0.25) is 0 Å². The molecule has 70 valence electrons. The van der Waals surface area contributed by atoms with Crippen LogP contribution in [-0.4, -0.2) is 19.6 Å². The molecule has 0 amide bonds. The van der Waals surface area contributed by atoms with Gasteiger partial charge in [0.2, 0.25) is 0 Å². The maximum Gasteiger partial charge on any atom is 0.0908 e. The zero-order valence-corrected chi connectivity index (χ0v) is 8.33. The topological polar surface area (TPSA) is 29.3 Å². The van der Waals surface area contributed by atoms with Crippen LogP contribution in [0.1, 0.15) is 0 Å². The molecule has 2 heterocycles. The van der Waals surface area contributed by atoms with E-state index in [4.69, 9.17) is 5.73 Å². The van der Waals surface area contributed by atoms with Gasteiger partial charge in [0.25, 0.3) is 0 Å². The van der Waals surface area contributed by atoms with E-state index in [0.29, 0.717) is 0 Å². The number of rotatable bonds is 2. The summed E-state index contributed by atoms with van der Waals surface area (Å²) in [7, 11) is 0. The average molecular weight is 194 g/mol. The van der Waals surface area contributed by atoms with Gasteiger partial charge in [0.15, 0.2) is 0 Å². The Morgan fingerprint density at radius 3 is 2.77 bits per heavy atom. The lowest BCUT2D eigenvalue weighted by molar-refractivity contribution is 0.650. The molecule has 3 rings (SSSR count). The quantitative estimate of drug-likeness (QED) is 0.771. The van der Waals surface area contributed by atoms with Gasteiger partial charge in [0.1, 0.15) is 0 Å². The third kappa shape index (κ3) is 1.11. The van der Waals surface area contributed by atoms with Crippen molar-refractivity contribution in [2.75, 3.05) is 24.5 Å². The largest absolute Gasteiger partial charge is 0.363 e. The Bertz CT molecular complexity index is 284. The Labute approximate surface area is 82.3 Å². The molecule has 0 aromatic carbocycles. The van der Waals surface area contributed by atoms with Crippen molar-refractivity contribution in [3.8, 4) is 0 Å². The van der Waals surface area contributed by atoms with Crippen LogP contribution in [0.25, 0.3) is 0 Å². The van der Waals surface area contributed by atoms with E-state index in [1.54, 1.807) is 0 Å². The molecule has 0 spiro atoms. The lowest BCUT2D eigenvalue weighted by Gasteiger charge is -2.19. The SMILES string of the molecule is NCC1C2CN(c3cccs3)CC12. The lowest BCUT2D eigenvalue weighted by Crippen LogP contribution is -2.24. The third-order valence-electron chi connectivity index (χ3n) is 3.46. The Hall–Kier alpha value is -0.540. The molecule has 1 aromatic rings. The van der Waals surface area contributed by atoms with Crippen molar-refractivity contribution in [3.05, 3.63) is 17.5 Å². The number of hydrogen-bond acceptors (Lipinski definition) is 3. The van der Waals surface area contributed by atoms with E-state index in [2.05, 4.69) is 22.4 Å². The average Bonchev–Trinajstić information content (AvgIpc) is 2.68. The molecule has 1 aliphatic carbocycles. The molecule has 1 aliphatic heterocycles. The van der Waals surface area contributed by atoms with Crippen molar-refractivity contribution < 1.29 is 0 Å². The minimum absolute atomic E-state index is 0.844. The molecule has 0 radical (unpaired) electrons. The first-order valence-corrected chi connectivity index (χ1v) is 5.76. The smallest absolute Gasteiger partial charge is 0.0908 e. The third-order valence-corrected chi connectivity index (χ3v) is 4.39. The van der Waals surface area contributed by atoms with Crippen molar-refractivity contribution in [1.82, 2.24) is 0 Å². The lowest BCUT2D eigenvalue weighted by atomic mass is 10.3. The monoisotopic (exact) mass is 194 g/mol. The second-order valence-corrected chi connectivity index (χ2v) is 5.01. The highest BCUT2D eigenvalue weighted by atomic mass is 32.1. The summed E-state index contributed by atoms with van der Waals surface area (Å²) in [6.07, 6.45) is 0. The standard InChI is InChI=1S/C10H14N2S/c11-4-7-8-5-12(6-9(7)8)10-2-1-3-13-10/h1-3,7-9H,4-6,11H2. The highest BCUT2D eigenvalue weighted by Crippen LogP contribution is 2.52. The molecule has 13 heavy (non-hydrogen) atoms. The van der Waals surface area contributed by atoms with Crippen LogP contribution in [0.15, 0.2) is 17.5 Å². The van der Waals surface area contributed by atoms with Crippen molar-refractivity contribution >= 4 is 16.3 Å². The predicted octanol–water partition coefficient (Wildman–Crippen LogP) is 1.39. The number of piperidine rings is 1. The number of thiophene rings is 1. The molecule has 2 nitrogen and oxygen atoms in total. The van der Waals surface area contributed by atoms with Gasteiger partial charge in [-0.2, -0.15) is 0 Å². The van der Waals surface area contributed by atoms with E-state index in [9.17, 15) is 0 Å². The van der Waals surface area contributed by atoms with E-state index in [0.717, 1.165) is 24.3 Å². The van der Waals surface area contributed by atoms with Crippen LogP contribution in [0, 0.1) is 17.8 Å². The highest BCUT2D eigenvalue weighted by molar-refractivity contribution is 7.14. The number of hydrogen-bond donors (Lipinski definition) is 1. The van der Waals surface area contributed by atoms with Crippen molar-refractivity contribution in [3.63, 3.8) is 0 Å². The summed E-state index contributed by atoms with van der Waals surface area (Å²) in [5.74, 6) is 2.66. The van der Waals surface area contributed by atoms with Crippen LogP contribution >= 0.6 is 11.3 Å². The number of nitrogens with two attached hydrogens (primary N) is 1. The van der Waals surface area contributed by atoms with Crippen LogP contribution in [0.4, 0.5) is 5.00 Å². The first-order valence-electron chi connectivity index (χ1n) is 4.88. The Morgan fingerprint density at radius 1 is 1.46 bits per heavy atom. The minimum Gasteiger partial charge on any atom is -0.363 e. The fourth-order valence-corrected chi connectivity index (χ4v) is 3.38. The van der Waals surface area contributed by atoms with Crippen LogP contribution in [0.5, 0.6) is 0 Å². The molecule has 2 atom stereocenters. The second-order valence-electron chi connectivity index (χ2n) is 4.08. The van der Waals surface area contributed by atoms with Gasteiger partial charge in [-0.1, -0.05) is 0 Å². The van der Waals surface area contributed by atoms with Gasteiger partial charge >= 0.3 is 0 Å². The van der Waals surface area contributed by atoms with Crippen molar-refractivity contribution in [2.45, 2.75) is 0 Å². The van der Waals surface area contributed by atoms with E-state index in [1.807, 2.05) is 11.3 Å². The minimum atomic E-state index is 0.844. The molecule has 1 saturated carbocycles. The van der Waals surface area contributed by atoms with E-state index < -0.39 is 0 Å². The van der Waals surface area contributed by atoms with Gasteiger partial charge in [-0.25, -0.2) is 0 Å². The molecule has 0 bridgehead atoms. The summed E-state index contributed by atoms with van der Waals surface area (Å²) < 4.78 is 0. The van der Waals surface area contributed by atoms with Gasteiger partial charge in [0, 0.05) is 13.1 Å². The van der Waals surface area contributed by atoms with Crippen LogP contribution < -0.4 is 10.6 Å². The summed E-state index contributed by atoms with van der Waals surface area (Å²) in [4.78, 5) is 2.51. The van der Waals surface area contributed by atoms with Gasteiger partial charge < -0.3 is 10.6 Å². The van der Waals surface area contributed by atoms with Crippen molar-refractivity contribution in [1.29, 1.82) is 0 Å². The maximum absolute atomic E-state index is 5.67. The van der Waals surface area contributed by atoms with Crippen molar-refractivity contribution in [2.24, 2.45) is 23.5 Å². The number of anilines is 1. The summed E-state index contributed by atoms with van der Waals surface area (Å²) in [5.41, 5.74) is 5.67. The zero-order valence-electron chi connectivity index (χ0n) is 7.52. The highest BCUT2D eigenvalue weighted by Gasteiger charge is 2.54. The first kappa shape index (κ1) is 7.83. The first-order chi connectivity index (χ1) is 6.40. The van der Waals surface area contributed by atoms with Gasteiger partial charge in [-0.15, -0.1) is 11.3 Å². The van der Waals surface area contributed by atoms with Crippen LogP contribution in [-0.2, 0) is 0 Å². The molecule has 2 unspecified atom stereocenters. The van der Waals surface area contributed by atoms with Gasteiger partial charge in [0.05, 0.1) is 5.00 Å². The van der Waals surface area contributed by atoms with Crippen LogP contribution in [0.3, 0.4) is 0 Å². The molecule has 1 saturated heterocycles. The Balaban J connectivity index is 1.68. The fraction of sp³-hybridized carbons (Fsp3) is 0.600. The normalized spacial score (nSPS) is 36.4. The molecular formula is C10H14N2S. The molecular weight excluding hydrogens is 180 g/mol. The molecule has 2 aliphatic rings. The summed E-state index contributed by atoms with van der Waals surface area (Å²) >= 11 is 1.85. The molecule has 2 fully saturated rings. The number of fused-ring (bicyclic) bond motifs is 1. The fourth-order valence-electron chi connectivity index (χ4n) is 2.63. The molecule has 1 aromatic heterocycles. The Kier molecular flexibility index (Phi) is 1.64. The van der Waals surface area contributed by atoms with Gasteiger partial charge in [-0.05, 0) is 41.8 Å². The zero-order chi connectivity index (χ0) is 8.84. The van der Waals surface area contributed by atoms with E-state index in [1.165, 1.54) is 18.1 Å². The molecule has 2 N–H and O–H groups in total. The predicted molar refractivity (Wildman–Crippen MR) is 56.1 cm³/mol. The van der Waals surface area contributed by atoms with E-state index >= 15 is 0 Å². The van der Waals surface area contributed by atoms with E-state index in [-0.39, 0.29) is 0 Å². The van der Waals surface area contributed by atoms with Gasteiger partial charge in [-0.3, -0.25) is 0 Å². The summed E-state index contributed by atoms with van der Waals surface area (Å²) in [5, 5.41) is 3.59. The maximum atomic E-state index is 5.67. The second kappa shape index (κ2) is 2.72.